The number of nitrogens with zero attached hydrogens (tertiary/aromatic N) is 3. The van der Waals surface area contributed by atoms with E-state index in [1.165, 1.54) is 12.0 Å². The third-order valence-electron chi connectivity index (χ3n) is 4.43. The van der Waals surface area contributed by atoms with Crippen LogP contribution in [0.5, 0.6) is 0 Å². The van der Waals surface area contributed by atoms with Crippen molar-refractivity contribution in [2.45, 2.75) is 53.0 Å². The maximum absolute atomic E-state index is 12.4. The Kier molecular flexibility index (Phi) is 5.21. The number of hydrogen-bond acceptors (Lipinski definition) is 2. The van der Waals surface area contributed by atoms with Gasteiger partial charge in [0, 0.05) is 25.2 Å². The van der Waals surface area contributed by atoms with Crippen LogP contribution in [0, 0.1) is 19.8 Å². The number of carbonyl (C=O) groups is 1. The summed E-state index contributed by atoms with van der Waals surface area (Å²) in [4.78, 5) is 14.4. The van der Waals surface area contributed by atoms with Crippen molar-refractivity contribution in [2.24, 2.45) is 5.92 Å². The highest BCUT2D eigenvalue weighted by molar-refractivity contribution is 5.76. The summed E-state index contributed by atoms with van der Waals surface area (Å²) in [6.07, 6.45) is 5.62. The summed E-state index contributed by atoms with van der Waals surface area (Å²) in [5.41, 5.74) is 3.41. The van der Waals surface area contributed by atoms with Crippen LogP contribution in [0.1, 0.15) is 43.1 Å². The fraction of sp³-hybridized carbons (Fsp3) is 0.647. The van der Waals surface area contributed by atoms with Gasteiger partial charge in [-0.05, 0) is 44.6 Å². The number of rotatable bonds is 5. The molecule has 4 heteroatoms. The normalized spacial score (nSPS) is 18.8. The molecule has 1 aliphatic rings. The van der Waals surface area contributed by atoms with Crippen LogP contribution in [0.4, 0.5) is 0 Å². The molecule has 1 saturated heterocycles. The maximum Gasteiger partial charge on any atom is 0.222 e. The summed E-state index contributed by atoms with van der Waals surface area (Å²) >= 11 is 0. The molecule has 1 amide bonds. The van der Waals surface area contributed by atoms with Gasteiger partial charge < -0.3 is 4.90 Å². The number of allylic oxidation sites excluding steroid dienone is 1. The Bertz CT molecular complexity index is 518. The lowest BCUT2D eigenvalue weighted by Crippen LogP contribution is -2.39. The molecule has 0 unspecified atom stereocenters. The van der Waals surface area contributed by atoms with E-state index in [0.717, 1.165) is 43.9 Å². The third kappa shape index (κ3) is 3.74. The molecule has 116 valence electrons. The van der Waals surface area contributed by atoms with Gasteiger partial charge in [-0.15, -0.1) is 6.58 Å². The minimum absolute atomic E-state index is 0.289. The van der Waals surface area contributed by atoms with Crippen LogP contribution in [-0.2, 0) is 17.8 Å². The summed E-state index contributed by atoms with van der Waals surface area (Å²) in [5.74, 6) is 0.929. The molecule has 1 aromatic heterocycles. The minimum atomic E-state index is 0.289. The van der Waals surface area contributed by atoms with E-state index in [4.69, 9.17) is 0 Å². The third-order valence-corrected chi connectivity index (χ3v) is 4.43. The number of hydrogen-bond donors (Lipinski definition) is 0. The zero-order valence-corrected chi connectivity index (χ0v) is 13.6. The van der Waals surface area contributed by atoms with Gasteiger partial charge in [-0.2, -0.15) is 5.10 Å². The maximum atomic E-state index is 12.4. The predicted molar refractivity (Wildman–Crippen MR) is 85.2 cm³/mol. The van der Waals surface area contributed by atoms with Crippen LogP contribution in [0.2, 0.25) is 0 Å². The van der Waals surface area contributed by atoms with Crippen molar-refractivity contribution in [3.63, 3.8) is 0 Å². The summed E-state index contributed by atoms with van der Waals surface area (Å²) in [7, 11) is 0. The fourth-order valence-corrected chi connectivity index (χ4v) is 3.20. The molecule has 1 fully saturated rings. The van der Waals surface area contributed by atoms with Crippen molar-refractivity contribution in [3.8, 4) is 0 Å². The molecule has 0 bridgehead atoms. The Morgan fingerprint density at radius 2 is 2.24 bits per heavy atom. The molecule has 4 nitrogen and oxygen atoms in total. The van der Waals surface area contributed by atoms with Crippen molar-refractivity contribution in [1.82, 2.24) is 14.7 Å². The molecular weight excluding hydrogens is 262 g/mol. The van der Waals surface area contributed by atoms with Gasteiger partial charge in [0.2, 0.25) is 5.91 Å². The average molecular weight is 289 g/mol. The van der Waals surface area contributed by atoms with Crippen LogP contribution >= 0.6 is 0 Å². The number of aromatic nitrogens is 2. The lowest BCUT2D eigenvalue weighted by molar-refractivity contribution is -0.132. The summed E-state index contributed by atoms with van der Waals surface area (Å²) in [5, 5.41) is 4.52. The van der Waals surface area contributed by atoms with Gasteiger partial charge in [0.1, 0.15) is 0 Å². The van der Waals surface area contributed by atoms with Gasteiger partial charge in [-0.1, -0.05) is 13.0 Å². The van der Waals surface area contributed by atoms with Crippen LogP contribution in [0.25, 0.3) is 0 Å². The average Bonchev–Trinajstić information content (AvgIpc) is 2.71. The topological polar surface area (TPSA) is 38.1 Å². The van der Waals surface area contributed by atoms with Crippen molar-refractivity contribution in [2.75, 3.05) is 13.1 Å². The molecule has 2 heterocycles. The Morgan fingerprint density at radius 3 is 2.90 bits per heavy atom. The molecule has 21 heavy (non-hydrogen) atoms. The highest BCUT2D eigenvalue weighted by Gasteiger charge is 2.21. The Hall–Kier alpha value is -1.58. The fourth-order valence-electron chi connectivity index (χ4n) is 3.20. The van der Waals surface area contributed by atoms with E-state index in [2.05, 4.69) is 25.5 Å². The van der Waals surface area contributed by atoms with E-state index < -0.39 is 0 Å². The van der Waals surface area contributed by atoms with Gasteiger partial charge >= 0.3 is 0 Å². The number of aryl methyl sites for hydroxylation is 1. The zero-order valence-electron chi connectivity index (χ0n) is 13.6. The number of piperidine rings is 1. The second-order valence-electron chi connectivity index (χ2n) is 6.21. The van der Waals surface area contributed by atoms with E-state index in [-0.39, 0.29) is 5.91 Å². The minimum Gasteiger partial charge on any atom is -0.342 e. The van der Waals surface area contributed by atoms with E-state index in [0.29, 0.717) is 12.3 Å². The first-order valence-corrected chi connectivity index (χ1v) is 7.94. The molecule has 1 aromatic rings. The molecule has 1 aliphatic heterocycles. The Labute approximate surface area is 127 Å². The summed E-state index contributed by atoms with van der Waals surface area (Å²) in [6, 6.07) is 0. The van der Waals surface area contributed by atoms with E-state index in [1.54, 1.807) is 0 Å². The van der Waals surface area contributed by atoms with Crippen molar-refractivity contribution >= 4 is 5.91 Å². The molecule has 0 aromatic carbocycles. The summed E-state index contributed by atoms with van der Waals surface area (Å²) in [6.45, 7) is 12.7. The predicted octanol–water partition coefficient (Wildman–Crippen LogP) is 2.88. The number of likely N-dealkylation sites (tertiary alicyclic amines) is 1. The first-order valence-electron chi connectivity index (χ1n) is 7.94. The molecule has 0 N–H and O–H groups in total. The number of carbonyl (C=O) groups excluding carboxylic acids is 1. The smallest absolute Gasteiger partial charge is 0.222 e. The first kappa shape index (κ1) is 15.8. The van der Waals surface area contributed by atoms with E-state index in [9.17, 15) is 4.79 Å². The molecule has 0 aliphatic carbocycles. The molecule has 0 spiro atoms. The van der Waals surface area contributed by atoms with Crippen LogP contribution in [0.15, 0.2) is 12.7 Å². The highest BCUT2D eigenvalue weighted by Crippen LogP contribution is 2.19. The second-order valence-corrected chi connectivity index (χ2v) is 6.21. The van der Waals surface area contributed by atoms with Gasteiger partial charge in [0.05, 0.1) is 12.2 Å². The molecule has 0 radical (unpaired) electrons. The van der Waals surface area contributed by atoms with E-state index in [1.807, 2.05) is 22.6 Å². The number of amides is 1. The monoisotopic (exact) mass is 289 g/mol. The van der Waals surface area contributed by atoms with E-state index >= 15 is 0 Å². The van der Waals surface area contributed by atoms with Crippen LogP contribution in [-0.4, -0.2) is 33.7 Å². The largest absolute Gasteiger partial charge is 0.342 e. The molecule has 0 saturated carbocycles. The standard InChI is InChI=1S/C17H27N3O/c1-5-10-20-15(4)16(14(3)18-20)8-9-17(21)19-11-6-7-13(2)12-19/h5,13H,1,6-12H2,2-4H3/t13-/m0/s1. The first-order chi connectivity index (χ1) is 10.0. The van der Waals surface area contributed by atoms with Gasteiger partial charge in [-0.25, -0.2) is 0 Å². The second kappa shape index (κ2) is 6.92. The van der Waals surface area contributed by atoms with Crippen molar-refractivity contribution < 1.29 is 4.79 Å². The lowest BCUT2D eigenvalue weighted by Gasteiger charge is -2.31. The molecular formula is C17H27N3O. The Morgan fingerprint density at radius 1 is 1.48 bits per heavy atom. The van der Waals surface area contributed by atoms with Crippen LogP contribution in [0.3, 0.4) is 0 Å². The summed E-state index contributed by atoms with van der Waals surface area (Å²) < 4.78 is 1.96. The Balaban J connectivity index is 1.96. The molecule has 2 rings (SSSR count). The van der Waals surface area contributed by atoms with Gasteiger partial charge in [-0.3, -0.25) is 9.48 Å². The van der Waals surface area contributed by atoms with Crippen LogP contribution < -0.4 is 0 Å². The van der Waals surface area contributed by atoms with Gasteiger partial charge in [0.25, 0.3) is 0 Å². The van der Waals surface area contributed by atoms with Crippen molar-refractivity contribution in [1.29, 1.82) is 0 Å². The molecule has 1 atom stereocenters. The quantitative estimate of drug-likeness (QED) is 0.782. The lowest BCUT2D eigenvalue weighted by atomic mass is 9.99. The van der Waals surface area contributed by atoms with Crippen molar-refractivity contribution in [3.05, 3.63) is 29.6 Å². The van der Waals surface area contributed by atoms with Gasteiger partial charge in [0.15, 0.2) is 0 Å². The zero-order chi connectivity index (χ0) is 15.4. The SMILES string of the molecule is C=CCn1nc(C)c(CCC(=O)N2CCC[C@H](C)C2)c1C. The highest BCUT2D eigenvalue weighted by atomic mass is 16.2.